The van der Waals surface area contributed by atoms with E-state index in [1.54, 1.807) is 0 Å². The highest BCUT2D eigenvalue weighted by atomic mass is 79.9. The fraction of sp³-hybridized carbons (Fsp3) is 0.462. The summed E-state index contributed by atoms with van der Waals surface area (Å²) in [6.07, 6.45) is 1.02. The van der Waals surface area contributed by atoms with Crippen molar-refractivity contribution in [1.29, 1.82) is 0 Å². The Kier molecular flexibility index (Phi) is 5.77. The van der Waals surface area contributed by atoms with Gasteiger partial charge in [-0.3, -0.25) is 9.69 Å². The molecule has 1 aliphatic heterocycles. The molecule has 20 heavy (non-hydrogen) atoms. The smallest absolute Gasteiger partial charge is 0.238 e. The first kappa shape index (κ1) is 15.7. The summed E-state index contributed by atoms with van der Waals surface area (Å²) in [5, 5.41) is 6.19. The van der Waals surface area contributed by atoms with Crippen molar-refractivity contribution < 1.29 is 9.18 Å². The molecule has 2 rings (SSSR count). The SMILES string of the molecule is O=C(CN1CCCNCC1)Nc1c(Cl)cc(F)cc1Br. The monoisotopic (exact) mass is 363 g/mol. The van der Waals surface area contributed by atoms with Crippen LogP contribution in [-0.2, 0) is 4.79 Å². The number of halogens is 3. The third-order valence-electron chi connectivity index (χ3n) is 3.07. The van der Waals surface area contributed by atoms with E-state index in [2.05, 4.69) is 31.5 Å². The Morgan fingerprint density at radius 2 is 2.25 bits per heavy atom. The number of rotatable bonds is 3. The van der Waals surface area contributed by atoms with E-state index < -0.39 is 5.82 Å². The summed E-state index contributed by atoms with van der Waals surface area (Å²) in [6.45, 7) is 3.90. The zero-order chi connectivity index (χ0) is 14.5. The summed E-state index contributed by atoms with van der Waals surface area (Å²) in [6, 6.07) is 2.45. The second-order valence-electron chi connectivity index (χ2n) is 4.67. The van der Waals surface area contributed by atoms with Gasteiger partial charge in [0.25, 0.3) is 0 Å². The highest BCUT2D eigenvalue weighted by Crippen LogP contribution is 2.31. The lowest BCUT2D eigenvalue weighted by Gasteiger charge is -2.19. The van der Waals surface area contributed by atoms with Crippen molar-refractivity contribution in [1.82, 2.24) is 10.2 Å². The van der Waals surface area contributed by atoms with Crippen LogP contribution in [-0.4, -0.2) is 43.5 Å². The van der Waals surface area contributed by atoms with Gasteiger partial charge in [0.2, 0.25) is 5.91 Å². The predicted octanol–water partition coefficient (Wildman–Crippen LogP) is 2.48. The summed E-state index contributed by atoms with van der Waals surface area (Å²) in [4.78, 5) is 14.1. The number of amides is 1. The molecule has 0 aromatic heterocycles. The molecule has 1 fully saturated rings. The number of hydrogen-bond acceptors (Lipinski definition) is 3. The van der Waals surface area contributed by atoms with Gasteiger partial charge >= 0.3 is 0 Å². The van der Waals surface area contributed by atoms with Crippen LogP contribution in [0.2, 0.25) is 5.02 Å². The summed E-state index contributed by atoms with van der Waals surface area (Å²) in [5.74, 6) is -0.598. The van der Waals surface area contributed by atoms with Crippen LogP contribution in [0, 0.1) is 5.82 Å². The summed E-state index contributed by atoms with van der Waals surface area (Å²) >= 11 is 9.14. The van der Waals surface area contributed by atoms with Crippen LogP contribution in [0.4, 0.5) is 10.1 Å². The molecule has 0 aliphatic carbocycles. The average Bonchev–Trinajstić information content (AvgIpc) is 2.62. The largest absolute Gasteiger partial charge is 0.323 e. The Hall–Kier alpha value is -0.690. The van der Waals surface area contributed by atoms with Crippen LogP contribution in [0.3, 0.4) is 0 Å². The highest BCUT2D eigenvalue weighted by Gasteiger charge is 2.15. The van der Waals surface area contributed by atoms with Crippen molar-refractivity contribution in [2.75, 3.05) is 38.0 Å². The number of hydrogen-bond donors (Lipinski definition) is 2. The number of carbonyl (C=O) groups is 1. The molecule has 1 saturated heterocycles. The van der Waals surface area contributed by atoms with Gasteiger partial charge in [-0.15, -0.1) is 0 Å². The number of nitrogens with zero attached hydrogens (tertiary/aromatic N) is 1. The van der Waals surface area contributed by atoms with E-state index in [0.717, 1.165) is 32.6 Å². The Morgan fingerprint density at radius 1 is 1.45 bits per heavy atom. The second kappa shape index (κ2) is 7.36. The van der Waals surface area contributed by atoms with Crippen molar-refractivity contribution in [2.45, 2.75) is 6.42 Å². The highest BCUT2D eigenvalue weighted by molar-refractivity contribution is 9.10. The standard InChI is InChI=1S/C13H16BrClFN3O/c14-10-6-9(16)7-11(15)13(10)18-12(20)8-19-4-1-2-17-3-5-19/h6-7,17H,1-5,8H2,(H,18,20). The average molecular weight is 365 g/mol. The molecule has 0 spiro atoms. The normalized spacial score (nSPS) is 16.8. The van der Waals surface area contributed by atoms with Gasteiger partial charge in [-0.05, 0) is 47.6 Å². The van der Waals surface area contributed by atoms with E-state index in [9.17, 15) is 9.18 Å². The second-order valence-corrected chi connectivity index (χ2v) is 5.93. The molecule has 1 amide bonds. The van der Waals surface area contributed by atoms with E-state index in [1.807, 2.05) is 0 Å². The quantitative estimate of drug-likeness (QED) is 0.866. The fourth-order valence-electron chi connectivity index (χ4n) is 2.10. The van der Waals surface area contributed by atoms with Crippen molar-refractivity contribution in [3.05, 3.63) is 27.4 Å². The molecule has 1 heterocycles. The molecular formula is C13H16BrClFN3O. The van der Waals surface area contributed by atoms with Crippen LogP contribution in [0.25, 0.3) is 0 Å². The summed E-state index contributed by atoms with van der Waals surface area (Å²) < 4.78 is 13.6. The van der Waals surface area contributed by atoms with Gasteiger partial charge in [-0.2, -0.15) is 0 Å². The Bertz CT molecular complexity index is 469. The predicted molar refractivity (Wildman–Crippen MR) is 81.7 cm³/mol. The van der Waals surface area contributed by atoms with Crippen LogP contribution in [0.1, 0.15) is 6.42 Å². The van der Waals surface area contributed by atoms with Crippen LogP contribution >= 0.6 is 27.5 Å². The van der Waals surface area contributed by atoms with Gasteiger partial charge in [-0.1, -0.05) is 11.6 Å². The van der Waals surface area contributed by atoms with E-state index in [0.29, 0.717) is 16.7 Å². The van der Waals surface area contributed by atoms with Gasteiger partial charge in [0.05, 0.1) is 17.3 Å². The van der Waals surface area contributed by atoms with Gasteiger partial charge in [0.15, 0.2) is 0 Å². The minimum absolute atomic E-state index is 0.152. The first-order valence-electron chi connectivity index (χ1n) is 6.44. The molecule has 1 aromatic carbocycles. The molecule has 7 heteroatoms. The first-order chi connectivity index (χ1) is 9.56. The molecular weight excluding hydrogens is 349 g/mol. The van der Waals surface area contributed by atoms with E-state index in [4.69, 9.17) is 11.6 Å². The maximum Gasteiger partial charge on any atom is 0.238 e. The van der Waals surface area contributed by atoms with E-state index in [1.165, 1.54) is 12.1 Å². The Labute approximate surface area is 130 Å². The van der Waals surface area contributed by atoms with E-state index in [-0.39, 0.29) is 10.9 Å². The lowest BCUT2D eigenvalue weighted by atomic mass is 10.3. The van der Waals surface area contributed by atoms with Gasteiger partial charge < -0.3 is 10.6 Å². The molecule has 1 aliphatic rings. The molecule has 4 nitrogen and oxygen atoms in total. The number of anilines is 1. The zero-order valence-corrected chi connectivity index (χ0v) is 13.2. The molecule has 0 atom stereocenters. The molecule has 0 bridgehead atoms. The lowest BCUT2D eigenvalue weighted by Crippen LogP contribution is -2.35. The molecule has 0 radical (unpaired) electrons. The summed E-state index contributed by atoms with van der Waals surface area (Å²) in [7, 11) is 0. The minimum Gasteiger partial charge on any atom is -0.323 e. The number of benzene rings is 1. The van der Waals surface area contributed by atoms with Gasteiger partial charge in [0.1, 0.15) is 5.82 Å². The maximum absolute atomic E-state index is 13.1. The Morgan fingerprint density at radius 3 is 3.00 bits per heavy atom. The van der Waals surface area contributed by atoms with Crippen LogP contribution in [0.5, 0.6) is 0 Å². The van der Waals surface area contributed by atoms with Crippen LogP contribution < -0.4 is 10.6 Å². The summed E-state index contributed by atoms with van der Waals surface area (Å²) in [5.41, 5.74) is 0.408. The van der Waals surface area contributed by atoms with Crippen LogP contribution in [0.15, 0.2) is 16.6 Å². The molecule has 1 aromatic rings. The molecule has 0 saturated carbocycles. The number of nitrogens with one attached hydrogen (secondary N) is 2. The first-order valence-corrected chi connectivity index (χ1v) is 7.61. The van der Waals surface area contributed by atoms with Crippen molar-refractivity contribution in [3.8, 4) is 0 Å². The number of carbonyl (C=O) groups excluding carboxylic acids is 1. The molecule has 0 unspecified atom stereocenters. The van der Waals surface area contributed by atoms with E-state index >= 15 is 0 Å². The van der Waals surface area contributed by atoms with Crippen molar-refractivity contribution in [3.63, 3.8) is 0 Å². The van der Waals surface area contributed by atoms with Gasteiger partial charge in [0, 0.05) is 17.6 Å². The van der Waals surface area contributed by atoms with Gasteiger partial charge in [-0.25, -0.2) is 4.39 Å². The molecule has 110 valence electrons. The third-order valence-corrected chi connectivity index (χ3v) is 3.99. The topological polar surface area (TPSA) is 44.4 Å². The van der Waals surface area contributed by atoms with Crippen molar-refractivity contribution in [2.24, 2.45) is 0 Å². The maximum atomic E-state index is 13.1. The van der Waals surface area contributed by atoms with Crippen molar-refractivity contribution >= 4 is 39.1 Å². The third kappa shape index (κ3) is 4.41. The minimum atomic E-state index is -0.446. The Balaban J connectivity index is 1.97. The fourth-order valence-corrected chi connectivity index (χ4v) is 3.00. The zero-order valence-electron chi connectivity index (χ0n) is 10.9. The molecule has 2 N–H and O–H groups in total. The lowest BCUT2D eigenvalue weighted by molar-refractivity contribution is -0.117.